The second-order valence-corrected chi connectivity index (χ2v) is 22.2. The number of nitrogens with one attached hydrogen (secondary N) is 1. The molecule has 2 atom stereocenters. The maximum absolute atomic E-state index is 13.0. The number of hydrogen-bond acceptors (Lipinski definition) is 9. The molecular weight excluding hydrogens is 894 g/mol. The van der Waals surface area contributed by atoms with Crippen molar-refractivity contribution in [2.75, 3.05) is 30.3 Å². The second-order valence-electron chi connectivity index (χ2n) is 19.0. The monoisotopic (exact) mass is 951 g/mol. The third-order valence-corrected chi connectivity index (χ3v) is 15.9. The van der Waals surface area contributed by atoms with Crippen LogP contribution in [-0.2, 0) is 42.3 Å². The first-order valence-electron chi connectivity index (χ1n) is 22.7. The molecule has 2 aliphatic heterocycles. The van der Waals surface area contributed by atoms with Gasteiger partial charge >= 0.3 is 0 Å². The van der Waals surface area contributed by atoms with Crippen LogP contribution >= 0.6 is 11.6 Å². The van der Waals surface area contributed by atoms with Gasteiger partial charge in [0.2, 0.25) is 11.6 Å². The minimum atomic E-state index is -4.61. The fraction of sp³-hybridized carbons (Fsp3) is 0.392. The standard InChI is InChI=1S/C51H58ClN5O7S2/c1-6-56-43-20-17-36(65(59,60)61)30-39(43)50(2,3)45(56)13-9-7-10-14-46-51(4,5)40-31-37(66(62,63)64)18-21-44(40)57(46)24-12-8-11-15-47(58)54-23-22-32-25-33-27-34(26-32)48-42(28-33)55-41-29-35(52)16-19-38(41)49(48)53/h7,9-10,13-14,16-21,25,29-31,33-34H,6,8,11-12,15,22-24,26-28H2,1-5H3,(H4-,53,54,55,58,59,60,61,62,63,64)/t33-,34+/m1/s1. The van der Waals surface area contributed by atoms with Crippen LogP contribution in [0.4, 0.5) is 17.1 Å². The predicted octanol–water partition coefficient (Wildman–Crippen LogP) is 9.55. The van der Waals surface area contributed by atoms with Crippen molar-refractivity contribution in [2.24, 2.45) is 5.92 Å². The molecule has 0 spiro atoms. The Kier molecular flexibility index (Phi) is 13.0. The first kappa shape index (κ1) is 47.4. The fourth-order valence-corrected chi connectivity index (χ4v) is 11.9. The van der Waals surface area contributed by atoms with Crippen LogP contribution in [-0.4, -0.2) is 66.8 Å². The number of nitrogens with two attached hydrogens (primary N) is 1. The van der Waals surface area contributed by atoms with Crippen molar-refractivity contribution in [1.29, 1.82) is 0 Å². The number of rotatable bonds is 15. The maximum Gasteiger partial charge on any atom is 0.294 e. The van der Waals surface area contributed by atoms with Crippen molar-refractivity contribution in [3.63, 3.8) is 0 Å². The first-order chi connectivity index (χ1) is 31.2. The van der Waals surface area contributed by atoms with Crippen molar-refractivity contribution >= 4 is 71.4 Å². The number of unbranched alkanes of at least 4 members (excludes halogenated alkanes) is 2. The average molecular weight is 953 g/mol. The van der Waals surface area contributed by atoms with Gasteiger partial charge in [0.05, 0.1) is 20.7 Å². The van der Waals surface area contributed by atoms with E-state index in [9.17, 15) is 30.7 Å². The van der Waals surface area contributed by atoms with E-state index < -0.39 is 31.1 Å². The van der Waals surface area contributed by atoms with Crippen molar-refractivity contribution in [3.8, 4) is 0 Å². The van der Waals surface area contributed by atoms with Gasteiger partial charge in [-0.1, -0.05) is 55.3 Å². The number of pyridine rings is 1. The van der Waals surface area contributed by atoms with Crippen LogP contribution in [0.1, 0.15) is 108 Å². The number of nitrogen functional groups attached to an aromatic ring is 1. The van der Waals surface area contributed by atoms with Crippen LogP contribution in [0.2, 0.25) is 5.02 Å². The summed E-state index contributed by atoms with van der Waals surface area (Å²) < 4.78 is 71.9. The summed E-state index contributed by atoms with van der Waals surface area (Å²) in [6.45, 7) is 12.0. The van der Waals surface area contributed by atoms with E-state index in [2.05, 4.69) is 20.9 Å². The number of carbonyl (C=O) groups excluding carboxylic acids is 1. The predicted molar refractivity (Wildman–Crippen MR) is 260 cm³/mol. The molecule has 4 aliphatic rings. The Morgan fingerprint density at radius 3 is 2.47 bits per heavy atom. The number of amides is 1. The van der Waals surface area contributed by atoms with E-state index in [1.165, 1.54) is 29.3 Å². The third-order valence-electron chi connectivity index (χ3n) is 14.0. The molecule has 2 bridgehead atoms. The highest BCUT2D eigenvalue weighted by Gasteiger charge is 2.45. The minimum Gasteiger partial charge on any atom is -0.744 e. The van der Waals surface area contributed by atoms with Crippen molar-refractivity contribution < 1.29 is 35.3 Å². The normalized spacial score (nSPS) is 20.3. The summed E-state index contributed by atoms with van der Waals surface area (Å²) in [5.74, 6) is 0.752. The number of aromatic nitrogens is 1. The topological polar surface area (TPSA) is 186 Å². The Hall–Kier alpha value is -5.12. The number of hydrogen-bond donors (Lipinski definition) is 3. The van der Waals surface area contributed by atoms with E-state index in [1.807, 2.05) is 83.2 Å². The van der Waals surface area contributed by atoms with Crippen LogP contribution in [0.25, 0.3) is 10.9 Å². The number of allylic oxidation sites excluding steroid dienone is 7. The second kappa shape index (κ2) is 18.2. The average Bonchev–Trinajstić information content (AvgIpc) is 3.59. The summed E-state index contributed by atoms with van der Waals surface area (Å²) in [6, 6.07) is 14.9. The molecule has 1 aromatic heterocycles. The summed E-state index contributed by atoms with van der Waals surface area (Å²) in [5, 5.41) is 4.73. The van der Waals surface area contributed by atoms with E-state index in [4.69, 9.17) is 22.3 Å². The Bertz CT molecular complexity index is 3020. The number of nitrogens with zero attached hydrogens (tertiary/aromatic N) is 3. The quantitative estimate of drug-likeness (QED) is 0.0341. The molecular formula is C51H58ClN5O7S2. The van der Waals surface area contributed by atoms with E-state index in [0.717, 1.165) is 101 Å². The van der Waals surface area contributed by atoms with Gasteiger partial charge in [-0.15, -0.1) is 0 Å². The summed E-state index contributed by atoms with van der Waals surface area (Å²) in [5.41, 5.74) is 16.0. The Morgan fingerprint density at radius 2 is 1.73 bits per heavy atom. The molecule has 0 fully saturated rings. The summed E-state index contributed by atoms with van der Waals surface area (Å²) in [6.07, 6.45) is 18.5. The van der Waals surface area contributed by atoms with Gasteiger partial charge in [0.1, 0.15) is 16.7 Å². The molecule has 0 saturated carbocycles. The summed E-state index contributed by atoms with van der Waals surface area (Å²) in [7, 11) is -9.03. The van der Waals surface area contributed by atoms with E-state index in [0.29, 0.717) is 42.9 Å². The number of anilines is 2. The molecule has 4 aromatic rings. The molecule has 0 unspecified atom stereocenters. The molecule has 66 heavy (non-hydrogen) atoms. The van der Waals surface area contributed by atoms with E-state index >= 15 is 0 Å². The molecule has 3 heterocycles. The first-order valence-corrected chi connectivity index (χ1v) is 25.9. The lowest BCUT2D eigenvalue weighted by molar-refractivity contribution is -0.438. The van der Waals surface area contributed by atoms with Crippen molar-refractivity contribution in [2.45, 2.75) is 113 Å². The summed E-state index contributed by atoms with van der Waals surface area (Å²) >= 11 is 6.25. The lowest BCUT2D eigenvalue weighted by Crippen LogP contribution is -2.28. The molecule has 2 aliphatic carbocycles. The Balaban J connectivity index is 0.889. The van der Waals surface area contributed by atoms with Gasteiger partial charge < -0.3 is 20.5 Å². The lowest BCUT2D eigenvalue weighted by atomic mass is 9.70. The minimum absolute atomic E-state index is 0.0324. The zero-order valence-corrected chi connectivity index (χ0v) is 40.5. The number of benzene rings is 3. The maximum atomic E-state index is 13.0. The van der Waals surface area contributed by atoms with Crippen LogP contribution in [0.3, 0.4) is 0 Å². The van der Waals surface area contributed by atoms with Gasteiger partial charge in [0.25, 0.3) is 10.1 Å². The smallest absolute Gasteiger partial charge is 0.294 e. The molecule has 348 valence electrons. The van der Waals surface area contributed by atoms with E-state index in [1.54, 1.807) is 18.2 Å². The lowest BCUT2D eigenvalue weighted by Gasteiger charge is -2.36. The van der Waals surface area contributed by atoms with Gasteiger partial charge in [-0.2, -0.15) is 13.0 Å². The molecule has 15 heteroatoms. The molecule has 3 aromatic carbocycles. The SMILES string of the molecule is CCN1/C(=C/C=C/C=C/C2=[N+](CCCCCC(=O)NCCC3=C[C@H]4Cc5nc6cc(Cl)ccc6c(N)c5[C@@H](C3)C4)c3ccc(S(=O)(=O)O)cc3C2(C)C)C(C)(C)c2cc(S(=O)(=O)[O-])ccc21. The Morgan fingerprint density at radius 1 is 0.970 bits per heavy atom. The number of carbonyl (C=O) groups is 1. The highest BCUT2D eigenvalue weighted by molar-refractivity contribution is 7.86. The number of likely N-dealkylation sites (N-methyl/N-ethyl adjacent to an activating group) is 1. The van der Waals surface area contributed by atoms with Crippen LogP contribution in [0, 0.1) is 5.92 Å². The largest absolute Gasteiger partial charge is 0.744 e. The molecule has 4 N–H and O–H groups in total. The summed E-state index contributed by atoms with van der Waals surface area (Å²) in [4.78, 5) is 19.7. The van der Waals surface area contributed by atoms with Crippen LogP contribution in [0.15, 0.2) is 112 Å². The molecule has 0 saturated heterocycles. The zero-order valence-electron chi connectivity index (χ0n) is 38.1. The number of halogens is 1. The van der Waals surface area contributed by atoms with Gasteiger partial charge in [-0.3, -0.25) is 14.3 Å². The van der Waals surface area contributed by atoms with Gasteiger partial charge in [-0.25, -0.2) is 8.42 Å². The van der Waals surface area contributed by atoms with E-state index in [-0.39, 0.29) is 15.7 Å². The van der Waals surface area contributed by atoms with Crippen LogP contribution in [0.5, 0.6) is 0 Å². The van der Waals surface area contributed by atoms with Crippen molar-refractivity contribution in [3.05, 3.63) is 130 Å². The van der Waals surface area contributed by atoms with Crippen LogP contribution < -0.4 is 16.0 Å². The molecule has 0 radical (unpaired) electrons. The highest BCUT2D eigenvalue weighted by atomic mass is 35.5. The molecule has 8 rings (SSSR count). The van der Waals surface area contributed by atoms with Gasteiger partial charge in [0.15, 0.2) is 5.71 Å². The number of fused-ring (bicyclic) bond motifs is 7. The van der Waals surface area contributed by atoms with Gasteiger partial charge in [0, 0.05) is 87.8 Å². The molecule has 12 nitrogen and oxygen atoms in total. The van der Waals surface area contributed by atoms with Crippen molar-refractivity contribution in [1.82, 2.24) is 10.3 Å². The highest BCUT2D eigenvalue weighted by Crippen LogP contribution is 2.49. The zero-order chi connectivity index (χ0) is 47.3. The Labute approximate surface area is 393 Å². The third kappa shape index (κ3) is 9.27. The van der Waals surface area contributed by atoms with Gasteiger partial charge in [-0.05, 0) is 131 Å². The fourth-order valence-electron chi connectivity index (χ4n) is 10.7. The molecule has 1 amide bonds.